The van der Waals surface area contributed by atoms with Gasteiger partial charge >= 0.3 is 0 Å². The smallest absolute Gasteiger partial charge is 0.241 e. The molecule has 0 fully saturated rings. The molecule has 0 spiro atoms. The molecule has 5 nitrogen and oxygen atoms in total. The standard InChI is InChI=1S/C21H25NO4S2/c1-13-14(2)16(4)20(17(5)15(13)3)28(24,25)22-12-21(23,18-8-6-10-26-18)19-9-7-11-27-19/h6-11,22-23H,12H2,1-5H3. The van der Waals surface area contributed by atoms with Crippen LogP contribution in [0.5, 0.6) is 0 Å². The van der Waals surface area contributed by atoms with E-state index < -0.39 is 15.6 Å². The van der Waals surface area contributed by atoms with Gasteiger partial charge in [-0.2, -0.15) is 0 Å². The molecule has 0 aliphatic rings. The summed E-state index contributed by atoms with van der Waals surface area (Å²) in [5.74, 6) is 0.294. The van der Waals surface area contributed by atoms with E-state index in [4.69, 9.17) is 4.42 Å². The number of sulfonamides is 1. The average molecular weight is 420 g/mol. The summed E-state index contributed by atoms with van der Waals surface area (Å²) in [4.78, 5) is 0.885. The van der Waals surface area contributed by atoms with Crippen molar-refractivity contribution in [1.29, 1.82) is 0 Å². The van der Waals surface area contributed by atoms with E-state index in [1.54, 1.807) is 18.2 Å². The minimum atomic E-state index is -3.85. The van der Waals surface area contributed by atoms with Crippen LogP contribution in [0.1, 0.15) is 38.5 Å². The van der Waals surface area contributed by atoms with Crippen molar-refractivity contribution in [3.05, 3.63) is 74.4 Å². The lowest BCUT2D eigenvalue weighted by atomic mass is 9.95. The fraction of sp³-hybridized carbons (Fsp3) is 0.333. The van der Waals surface area contributed by atoms with Crippen molar-refractivity contribution in [2.75, 3.05) is 6.54 Å². The molecule has 0 saturated heterocycles. The Morgan fingerprint density at radius 2 is 1.61 bits per heavy atom. The van der Waals surface area contributed by atoms with E-state index in [9.17, 15) is 13.5 Å². The molecule has 1 atom stereocenters. The van der Waals surface area contributed by atoms with Crippen LogP contribution in [0.25, 0.3) is 0 Å². The van der Waals surface area contributed by atoms with Crippen molar-refractivity contribution >= 4 is 21.4 Å². The molecular weight excluding hydrogens is 394 g/mol. The molecule has 0 aliphatic carbocycles. The second-order valence-electron chi connectivity index (χ2n) is 7.09. The molecule has 0 aliphatic heterocycles. The van der Waals surface area contributed by atoms with Gasteiger partial charge in [-0.05, 0) is 86.0 Å². The van der Waals surface area contributed by atoms with E-state index >= 15 is 0 Å². The van der Waals surface area contributed by atoms with Crippen LogP contribution in [0.15, 0.2) is 45.2 Å². The maximum atomic E-state index is 13.2. The van der Waals surface area contributed by atoms with Crippen molar-refractivity contribution in [3.63, 3.8) is 0 Å². The minimum Gasteiger partial charge on any atom is -0.466 e. The third kappa shape index (κ3) is 3.43. The van der Waals surface area contributed by atoms with Gasteiger partial charge in [0.05, 0.1) is 17.7 Å². The Hall–Kier alpha value is -1.93. The lowest BCUT2D eigenvalue weighted by Gasteiger charge is -2.26. The van der Waals surface area contributed by atoms with Crippen molar-refractivity contribution in [2.24, 2.45) is 0 Å². The van der Waals surface area contributed by atoms with Crippen molar-refractivity contribution in [2.45, 2.75) is 45.1 Å². The van der Waals surface area contributed by atoms with E-state index in [1.807, 2.05) is 46.1 Å². The summed E-state index contributed by atoms with van der Waals surface area (Å²) in [6, 6.07) is 6.88. The number of nitrogens with one attached hydrogen (secondary N) is 1. The van der Waals surface area contributed by atoms with Gasteiger partial charge in [0.2, 0.25) is 10.0 Å². The Balaban J connectivity index is 2.02. The molecule has 3 aromatic rings. The number of benzene rings is 1. The van der Waals surface area contributed by atoms with Crippen LogP contribution in [-0.2, 0) is 15.6 Å². The number of hydrogen-bond donors (Lipinski definition) is 2. The zero-order valence-corrected chi connectivity index (χ0v) is 18.3. The highest BCUT2D eigenvalue weighted by atomic mass is 32.2. The molecule has 2 aromatic heterocycles. The first-order chi connectivity index (χ1) is 13.1. The average Bonchev–Trinajstić information content (AvgIpc) is 3.37. The van der Waals surface area contributed by atoms with Crippen LogP contribution in [0.3, 0.4) is 0 Å². The maximum absolute atomic E-state index is 13.2. The Morgan fingerprint density at radius 3 is 2.11 bits per heavy atom. The first-order valence-electron chi connectivity index (χ1n) is 8.96. The maximum Gasteiger partial charge on any atom is 0.241 e. The number of furan rings is 1. The highest BCUT2D eigenvalue weighted by Gasteiger charge is 2.37. The quantitative estimate of drug-likeness (QED) is 0.630. The molecule has 0 saturated carbocycles. The van der Waals surface area contributed by atoms with E-state index in [1.165, 1.54) is 17.6 Å². The Bertz CT molecular complexity index is 1020. The highest BCUT2D eigenvalue weighted by Crippen LogP contribution is 2.34. The van der Waals surface area contributed by atoms with Gasteiger partial charge < -0.3 is 9.52 Å². The first kappa shape index (κ1) is 20.8. The third-order valence-corrected chi connectivity index (χ3v) is 8.27. The van der Waals surface area contributed by atoms with Crippen molar-refractivity contribution < 1.29 is 17.9 Å². The second kappa shape index (κ2) is 7.48. The summed E-state index contributed by atoms with van der Waals surface area (Å²) < 4.78 is 34.5. The lowest BCUT2D eigenvalue weighted by Crippen LogP contribution is -2.41. The fourth-order valence-corrected chi connectivity index (χ4v) is 5.95. The van der Waals surface area contributed by atoms with Crippen molar-refractivity contribution in [1.82, 2.24) is 4.72 Å². The molecule has 0 amide bonds. The predicted octanol–water partition coefficient (Wildman–Crippen LogP) is 4.10. The summed E-state index contributed by atoms with van der Waals surface area (Å²) in [7, 11) is -3.85. The third-order valence-electron chi connectivity index (χ3n) is 5.58. The van der Waals surface area contributed by atoms with Crippen LogP contribution in [0.4, 0.5) is 0 Å². The normalized spacial score (nSPS) is 14.2. The van der Waals surface area contributed by atoms with Crippen LogP contribution in [0, 0.1) is 34.6 Å². The topological polar surface area (TPSA) is 79.5 Å². The summed E-state index contributed by atoms with van der Waals surface area (Å²) in [6.45, 7) is 9.28. The van der Waals surface area contributed by atoms with E-state index in [-0.39, 0.29) is 11.4 Å². The highest BCUT2D eigenvalue weighted by molar-refractivity contribution is 7.89. The van der Waals surface area contributed by atoms with Gasteiger partial charge in [-0.3, -0.25) is 0 Å². The summed E-state index contributed by atoms with van der Waals surface area (Å²) in [5, 5.41) is 13.2. The predicted molar refractivity (Wildman–Crippen MR) is 111 cm³/mol. The Morgan fingerprint density at radius 1 is 1.00 bits per heavy atom. The monoisotopic (exact) mass is 419 g/mol. The number of rotatable bonds is 6. The van der Waals surface area contributed by atoms with E-state index in [0.717, 1.165) is 27.8 Å². The van der Waals surface area contributed by atoms with Gasteiger partial charge in [0.25, 0.3) is 0 Å². The molecule has 3 rings (SSSR count). The minimum absolute atomic E-state index is 0.228. The molecule has 7 heteroatoms. The molecule has 1 aromatic carbocycles. The first-order valence-corrected chi connectivity index (χ1v) is 11.3. The number of thiophene rings is 1. The summed E-state index contributed by atoms with van der Waals surface area (Å²) in [6.07, 6.45) is 1.46. The van der Waals surface area contributed by atoms with Gasteiger partial charge in [-0.15, -0.1) is 11.3 Å². The molecule has 1 unspecified atom stereocenters. The van der Waals surface area contributed by atoms with Gasteiger partial charge in [-0.25, -0.2) is 13.1 Å². The van der Waals surface area contributed by atoms with Crippen LogP contribution in [-0.4, -0.2) is 20.1 Å². The molecule has 0 radical (unpaired) electrons. The molecular formula is C21H25NO4S2. The van der Waals surface area contributed by atoms with Gasteiger partial charge in [0.15, 0.2) is 5.60 Å². The van der Waals surface area contributed by atoms with Gasteiger partial charge in [0.1, 0.15) is 5.76 Å². The Labute approximate surface area is 170 Å². The number of aliphatic hydroxyl groups is 1. The molecule has 0 bridgehead atoms. The van der Waals surface area contributed by atoms with E-state index in [0.29, 0.717) is 10.6 Å². The lowest BCUT2D eigenvalue weighted by molar-refractivity contribution is 0.0655. The van der Waals surface area contributed by atoms with Crippen LogP contribution in [0.2, 0.25) is 0 Å². The summed E-state index contributed by atoms with van der Waals surface area (Å²) in [5.41, 5.74) is 2.89. The van der Waals surface area contributed by atoms with Gasteiger partial charge in [0, 0.05) is 4.88 Å². The molecule has 2 N–H and O–H groups in total. The largest absolute Gasteiger partial charge is 0.466 e. The molecule has 28 heavy (non-hydrogen) atoms. The fourth-order valence-electron chi connectivity index (χ4n) is 3.46. The van der Waals surface area contributed by atoms with Gasteiger partial charge in [-0.1, -0.05) is 6.07 Å². The van der Waals surface area contributed by atoms with Crippen LogP contribution >= 0.6 is 11.3 Å². The van der Waals surface area contributed by atoms with Crippen LogP contribution < -0.4 is 4.72 Å². The second-order valence-corrected chi connectivity index (χ2v) is 9.75. The van der Waals surface area contributed by atoms with E-state index in [2.05, 4.69) is 4.72 Å². The number of hydrogen-bond acceptors (Lipinski definition) is 5. The zero-order valence-electron chi connectivity index (χ0n) is 16.7. The zero-order chi connectivity index (χ0) is 20.7. The Kier molecular flexibility index (Phi) is 5.55. The molecule has 150 valence electrons. The molecule has 2 heterocycles. The SMILES string of the molecule is Cc1c(C)c(C)c(S(=O)(=O)NCC(O)(c2ccco2)c2cccs2)c(C)c1C. The van der Waals surface area contributed by atoms with Crippen molar-refractivity contribution in [3.8, 4) is 0 Å². The summed E-state index contributed by atoms with van der Waals surface area (Å²) >= 11 is 1.34.